The summed E-state index contributed by atoms with van der Waals surface area (Å²) in [5.41, 5.74) is 0.879. The summed E-state index contributed by atoms with van der Waals surface area (Å²) in [5, 5.41) is 50.7. The molecular weight excluding hydrogens is 1030 g/mol. The van der Waals surface area contributed by atoms with Crippen LogP contribution in [-0.2, 0) is 33.8 Å². The van der Waals surface area contributed by atoms with Gasteiger partial charge in [-0.1, -0.05) is 217 Å². The molecule has 1 aliphatic rings. The van der Waals surface area contributed by atoms with E-state index in [4.69, 9.17) is 14.2 Å². The largest absolute Gasteiger partial charge is 0.387 e. The summed E-state index contributed by atoms with van der Waals surface area (Å²) in [7, 11) is -0.145. The van der Waals surface area contributed by atoms with Crippen LogP contribution in [-0.4, -0.2) is 131 Å². The number of carbonyl (C=O) groups is 2. The molecule has 0 radical (unpaired) electrons. The Morgan fingerprint density at radius 2 is 1.12 bits per heavy atom. The Morgan fingerprint density at radius 1 is 0.625 bits per heavy atom. The molecule has 1 aliphatic heterocycles. The van der Waals surface area contributed by atoms with Crippen LogP contribution in [0.1, 0.15) is 219 Å². The van der Waals surface area contributed by atoms with Gasteiger partial charge in [0.2, 0.25) is 21.8 Å². The van der Waals surface area contributed by atoms with Crippen molar-refractivity contribution in [1.82, 2.24) is 15.4 Å². The third-order valence-electron chi connectivity index (χ3n) is 15.2. The molecule has 3 rings (SSSR count). The standard InChI is InChI=1S/C64H110N4O11S/c1-5-7-9-11-13-15-17-19-20-21-22-23-24-25-26-28-30-32-34-36-38-46-59(70)67-54(56(69)44-37-35-33-31-29-27-18-16-14-12-10-8-6-2)49-78-64-63(74)62(73)61(72)57(79-64)50-77-51-60(71)65-47-48-66-80(75,76)58-45-40-41-52-53(58)42-39-43-55(52)68(3)4/h19-20,37,39-45,54,56-57,61-64,66,69,72-74H,5-18,21-36,38,46-51H2,1-4H3,(H,65,71)(H,67,70)/b20-19-,44-37+/t54-,56+,57+,61-,62-,63+,64-/m0/s1. The van der Waals surface area contributed by atoms with Gasteiger partial charge in [-0.3, -0.25) is 9.59 Å². The molecule has 2 aromatic carbocycles. The molecule has 7 atom stereocenters. The highest BCUT2D eigenvalue weighted by molar-refractivity contribution is 7.89. The Kier molecular flexibility index (Phi) is 39.1. The van der Waals surface area contributed by atoms with E-state index in [2.05, 4.69) is 41.4 Å². The van der Waals surface area contributed by atoms with E-state index in [1.165, 1.54) is 160 Å². The van der Waals surface area contributed by atoms with Gasteiger partial charge in [0.25, 0.3) is 0 Å². The number of aliphatic hydroxyl groups is 4. The van der Waals surface area contributed by atoms with E-state index < -0.39 is 65.4 Å². The summed E-state index contributed by atoms with van der Waals surface area (Å²) in [6, 6.07) is 9.66. The summed E-state index contributed by atoms with van der Waals surface area (Å²) in [6.07, 6.45) is 37.6. The first kappa shape index (κ1) is 70.8. The molecule has 15 nitrogen and oxygen atoms in total. The predicted octanol–water partition coefficient (Wildman–Crippen LogP) is 11.6. The fraction of sp³-hybridized carbons (Fsp3) is 0.750. The third-order valence-corrected chi connectivity index (χ3v) is 16.7. The average Bonchev–Trinajstić information content (AvgIpc) is 3.45. The number of hydrogen-bond donors (Lipinski definition) is 7. The summed E-state index contributed by atoms with van der Waals surface area (Å²) in [5.74, 6) is -0.785. The minimum atomic E-state index is -3.92. The van der Waals surface area contributed by atoms with Crippen molar-refractivity contribution in [1.29, 1.82) is 0 Å². The van der Waals surface area contributed by atoms with Crippen molar-refractivity contribution in [2.75, 3.05) is 51.9 Å². The molecule has 1 saturated heterocycles. The Labute approximate surface area is 483 Å². The Hall–Kier alpha value is -3.45. The van der Waals surface area contributed by atoms with Crippen LogP contribution < -0.4 is 20.3 Å². The number of nitrogens with one attached hydrogen (secondary N) is 3. The van der Waals surface area contributed by atoms with Gasteiger partial charge in [0.05, 0.1) is 30.3 Å². The third kappa shape index (κ3) is 30.2. The molecule has 0 saturated carbocycles. The van der Waals surface area contributed by atoms with Crippen LogP contribution in [0.4, 0.5) is 5.69 Å². The first-order valence-corrected chi connectivity index (χ1v) is 32.9. The minimum Gasteiger partial charge on any atom is -0.387 e. The molecule has 7 N–H and O–H groups in total. The second-order valence-corrected chi connectivity index (χ2v) is 24.2. The van der Waals surface area contributed by atoms with E-state index in [-0.39, 0.29) is 37.1 Å². The van der Waals surface area contributed by atoms with Crippen LogP contribution in [0.15, 0.2) is 65.6 Å². The van der Waals surface area contributed by atoms with Crippen LogP contribution in [0, 0.1) is 0 Å². The maximum Gasteiger partial charge on any atom is 0.246 e. The lowest BCUT2D eigenvalue weighted by molar-refractivity contribution is -0.304. The number of aliphatic hydroxyl groups excluding tert-OH is 4. The van der Waals surface area contributed by atoms with Gasteiger partial charge in [0.15, 0.2) is 6.29 Å². The van der Waals surface area contributed by atoms with Crippen molar-refractivity contribution in [3.05, 3.63) is 60.7 Å². The summed E-state index contributed by atoms with van der Waals surface area (Å²) in [6.45, 7) is 3.29. The number of carbonyl (C=O) groups excluding carboxylic acids is 2. The fourth-order valence-corrected chi connectivity index (χ4v) is 11.5. The molecule has 0 unspecified atom stereocenters. The van der Waals surface area contributed by atoms with Crippen LogP contribution in [0.3, 0.4) is 0 Å². The Balaban J connectivity index is 1.41. The highest BCUT2D eigenvalue weighted by Gasteiger charge is 2.45. The number of sulfonamides is 1. The van der Waals surface area contributed by atoms with Crippen molar-refractivity contribution in [2.24, 2.45) is 0 Å². The van der Waals surface area contributed by atoms with E-state index in [9.17, 15) is 38.4 Å². The number of ether oxygens (including phenoxy) is 3. The van der Waals surface area contributed by atoms with Gasteiger partial charge in [-0.2, -0.15) is 0 Å². The van der Waals surface area contributed by atoms with Crippen LogP contribution in [0.5, 0.6) is 0 Å². The zero-order valence-electron chi connectivity index (χ0n) is 50.0. The molecular formula is C64H110N4O11S. The molecule has 16 heteroatoms. The lowest BCUT2D eigenvalue weighted by Gasteiger charge is -2.40. The van der Waals surface area contributed by atoms with E-state index in [0.717, 1.165) is 49.6 Å². The van der Waals surface area contributed by atoms with Crippen molar-refractivity contribution in [2.45, 2.75) is 267 Å². The smallest absolute Gasteiger partial charge is 0.246 e. The molecule has 1 fully saturated rings. The lowest BCUT2D eigenvalue weighted by atomic mass is 9.99. The number of unbranched alkanes of at least 4 members (excludes halogenated alkanes) is 28. The van der Waals surface area contributed by atoms with Gasteiger partial charge in [-0.05, 0) is 57.1 Å². The monoisotopic (exact) mass is 1140 g/mol. The van der Waals surface area contributed by atoms with Gasteiger partial charge in [0.1, 0.15) is 31.0 Å². The number of fused-ring (bicyclic) bond motifs is 1. The van der Waals surface area contributed by atoms with Crippen molar-refractivity contribution in [3.8, 4) is 0 Å². The summed E-state index contributed by atoms with van der Waals surface area (Å²) < 4.78 is 46.4. The highest BCUT2D eigenvalue weighted by Crippen LogP contribution is 2.30. The van der Waals surface area contributed by atoms with Gasteiger partial charge in [-0.25, -0.2) is 13.1 Å². The van der Waals surface area contributed by atoms with E-state index >= 15 is 0 Å². The van der Waals surface area contributed by atoms with Crippen LogP contribution in [0.25, 0.3) is 10.8 Å². The number of amides is 2. The topological polar surface area (TPSA) is 216 Å². The normalized spacial score (nSPS) is 18.6. The SMILES string of the molecule is CCCCCCCC/C=C\CCCCCCCCCCCCCC(=O)N[C@@H](CO[C@H]1O[C@H](COCC(=O)NCCNS(=O)(=O)c2cccc3c(N(C)C)cccc23)[C@H](O)[C@H](O)[C@H]1O)[C@H](O)/C=C/CCCCCCCCCCCCC. The first-order valence-electron chi connectivity index (χ1n) is 31.4. The molecule has 0 aliphatic carbocycles. The molecule has 0 bridgehead atoms. The van der Waals surface area contributed by atoms with E-state index in [1.54, 1.807) is 24.3 Å². The van der Waals surface area contributed by atoms with Crippen LogP contribution >= 0.6 is 0 Å². The zero-order chi connectivity index (χ0) is 58.1. The second kappa shape index (κ2) is 44.1. The molecule has 2 aromatic rings. The summed E-state index contributed by atoms with van der Waals surface area (Å²) in [4.78, 5) is 28.0. The average molecular weight is 1140 g/mol. The summed E-state index contributed by atoms with van der Waals surface area (Å²) >= 11 is 0. The second-order valence-electron chi connectivity index (χ2n) is 22.5. The number of anilines is 1. The number of rotatable bonds is 49. The van der Waals surface area contributed by atoms with Gasteiger partial charge in [-0.15, -0.1) is 0 Å². The maximum absolute atomic E-state index is 13.3. The predicted molar refractivity (Wildman–Crippen MR) is 325 cm³/mol. The lowest BCUT2D eigenvalue weighted by Crippen LogP contribution is -2.60. The number of hydrogen-bond acceptors (Lipinski definition) is 12. The Bertz CT molecular complexity index is 2090. The molecule has 80 heavy (non-hydrogen) atoms. The fourth-order valence-electron chi connectivity index (χ4n) is 10.3. The van der Waals surface area contributed by atoms with E-state index in [0.29, 0.717) is 18.2 Å². The van der Waals surface area contributed by atoms with Crippen LogP contribution in [0.2, 0.25) is 0 Å². The van der Waals surface area contributed by atoms with Crippen molar-refractivity contribution in [3.63, 3.8) is 0 Å². The maximum atomic E-state index is 13.3. The van der Waals surface area contributed by atoms with Gasteiger partial charge < -0.3 is 50.2 Å². The minimum absolute atomic E-state index is 0.0327. The number of benzene rings is 2. The molecule has 0 aromatic heterocycles. The zero-order valence-corrected chi connectivity index (χ0v) is 50.8. The number of nitrogens with zero attached hydrogens (tertiary/aromatic N) is 1. The van der Waals surface area contributed by atoms with Crippen molar-refractivity contribution < 1.29 is 52.6 Å². The highest BCUT2D eigenvalue weighted by atomic mass is 32.2. The molecule has 0 spiro atoms. The molecule has 1 heterocycles. The molecule has 458 valence electrons. The van der Waals surface area contributed by atoms with E-state index in [1.807, 2.05) is 37.2 Å². The quantitative estimate of drug-likeness (QED) is 0.0243. The Morgan fingerprint density at radius 3 is 1.68 bits per heavy atom. The van der Waals surface area contributed by atoms with Gasteiger partial charge in [0, 0.05) is 50.1 Å². The first-order chi connectivity index (χ1) is 38.8. The molecule has 2 amide bonds. The van der Waals surface area contributed by atoms with Crippen molar-refractivity contribution >= 4 is 38.3 Å². The van der Waals surface area contributed by atoms with Gasteiger partial charge >= 0.3 is 0 Å². The number of allylic oxidation sites excluding steroid dienone is 3.